The Bertz CT molecular complexity index is 388. The highest BCUT2D eigenvalue weighted by molar-refractivity contribution is 5.89. The van der Waals surface area contributed by atoms with Crippen LogP contribution in [0.3, 0.4) is 0 Å². The van der Waals surface area contributed by atoms with Gasteiger partial charge in [-0.15, -0.1) is 0 Å². The van der Waals surface area contributed by atoms with Crippen LogP contribution in [0.2, 0.25) is 0 Å². The molecule has 0 radical (unpaired) electrons. The second-order valence-corrected chi connectivity index (χ2v) is 3.93. The number of carbonyl (C=O) groups excluding carboxylic acids is 1. The standard InChI is InChI=1S/C13H19NO3/c1-4-17-12-8-11(13(15)16-3)6-5-10(12)7-9(2)14/h5-6,8-9H,4,7,14H2,1-3H3. The number of nitrogens with two attached hydrogens (primary N) is 1. The zero-order valence-electron chi connectivity index (χ0n) is 10.5. The van der Waals surface area contributed by atoms with Crippen molar-refractivity contribution in [3.8, 4) is 5.75 Å². The van der Waals surface area contributed by atoms with E-state index >= 15 is 0 Å². The third-order valence-corrected chi connectivity index (χ3v) is 2.33. The molecule has 2 N–H and O–H groups in total. The van der Waals surface area contributed by atoms with Crippen molar-refractivity contribution in [3.63, 3.8) is 0 Å². The van der Waals surface area contributed by atoms with Crippen molar-refractivity contribution < 1.29 is 14.3 Å². The van der Waals surface area contributed by atoms with Crippen molar-refractivity contribution in [1.82, 2.24) is 0 Å². The highest BCUT2D eigenvalue weighted by Crippen LogP contribution is 2.22. The molecule has 0 aromatic heterocycles. The Kier molecular flexibility index (Phi) is 4.97. The molecule has 4 nitrogen and oxygen atoms in total. The van der Waals surface area contributed by atoms with Crippen molar-refractivity contribution in [2.45, 2.75) is 26.3 Å². The lowest BCUT2D eigenvalue weighted by Gasteiger charge is -2.13. The lowest BCUT2D eigenvalue weighted by Crippen LogP contribution is -2.18. The first-order chi connectivity index (χ1) is 8.08. The average molecular weight is 237 g/mol. The van der Waals surface area contributed by atoms with E-state index in [0.717, 1.165) is 12.0 Å². The number of esters is 1. The fraction of sp³-hybridized carbons (Fsp3) is 0.462. The van der Waals surface area contributed by atoms with Crippen LogP contribution in [0.15, 0.2) is 18.2 Å². The van der Waals surface area contributed by atoms with Gasteiger partial charge in [0.15, 0.2) is 0 Å². The second kappa shape index (κ2) is 6.25. The second-order valence-electron chi connectivity index (χ2n) is 3.93. The third-order valence-electron chi connectivity index (χ3n) is 2.33. The summed E-state index contributed by atoms with van der Waals surface area (Å²) in [5.41, 5.74) is 7.27. The number of rotatable bonds is 5. The molecule has 1 atom stereocenters. The van der Waals surface area contributed by atoms with Crippen LogP contribution in [0.5, 0.6) is 5.75 Å². The predicted molar refractivity (Wildman–Crippen MR) is 66.3 cm³/mol. The number of methoxy groups -OCH3 is 1. The van der Waals surface area contributed by atoms with Crippen molar-refractivity contribution in [2.75, 3.05) is 13.7 Å². The minimum Gasteiger partial charge on any atom is -0.494 e. The summed E-state index contributed by atoms with van der Waals surface area (Å²) in [5.74, 6) is 0.339. The Labute approximate surface area is 102 Å². The van der Waals surface area contributed by atoms with Gasteiger partial charge in [0.25, 0.3) is 0 Å². The van der Waals surface area contributed by atoms with E-state index in [-0.39, 0.29) is 12.0 Å². The molecule has 1 unspecified atom stereocenters. The summed E-state index contributed by atoms with van der Waals surface area (Å²) in [4.78, 5) is 11.4. The monoisotopic (exact) mass is 237 g/mol. The van der Waals surface area contributed by atoms with Gasteiger partial charge in [-0.2, -0.15) is 0 Å². The third kappa shape index (κ3) is 3.75. The number of benzene rings is 1. The van der Waals surface area contributed by atoms with Crippen LogP contribution in [0.4, 0.5) is 0 Å². The zero-order chi connectivity index (χ0) is 12.8. The Morgan fingerprint density at radius 1 is 1.47 bits per heavy atom. The van der Waals surface area contributed by atoms with Crippen LogP contribution in [0.25, 0.3) is 0 Å². The maximum absolute atomic E-state index is 11.4. The molecule has 0 saturated heterocycles. The molecule has 1 aromatic carbocycles. The van der Waals surface area contributed by atoms with Gasteiger partial charge in [0.05, 0.1) is 19.3 Å². The van der Waals surface area contributed by atoms with Gasteiger partial charge in [0.1, 0.15) is 5.75 Å². The van der Waals surface area contributed by atoms with Gasteiger partial charge in [-0.05, 0) is 38.0 Å². The van der Waals surface area contributed by atoms with Crippen LogP contribution < -0.4 is 10.5 Å². The Balaban J connectivity index is 3.03. The SMILES string of the molecule is CCOc1cc(C(=O)OC)ccc1CC(C)N. The molecule has 0 saturated carbocycles. The molecule has 0 bridgehead atoms. The highest BCUT2D eigenvalue weighted by Gasteiger charge is 2.11. The Hall–Kier alpha value is -1.55. The molecule has 0 aliphatic carbocycles. The summed E-state index contributed by atoms with van der Waals surface area (Å²) >= 11 is 0. The number of hydrogen-bond donors (Lipinski definition) is 1. The van der Waals surface area contributed by atoms with Crippen LogP contribution in [-0.4, -0.2) is 25.7 Å². The number of ether oxygens (including phenoxy) is 2. The van der Waals surface area contributed by atoms with E-state index in [4.69, 9.17) is 10.5 Å². The Morgan fingerprint density at radius 3 is 2.71 bits per heavy atom. The molecule has 17 heavy (non-hydrogen) atoms. The maximum Gasteiger partial charge on any atom is 0.337 e. The molecule has 1 rings (SSSR count). The molecule has 0 amide bonds. The topological polar surface area (TPSA) is 61.5 Å². The normalized spacial score (nSPS) is 12.0. The average Bonchev–Trinajstić information content (AvgIpc) is 2.30. The molecular formula is C13H19NO3. The van der Waals surface area contributed by atoms with E-state index in [1.165, 1.54) is 7.11 Å². The zero-order valence-corrected chi connectivity index (χ0v) is 10.5. The molecule has 94 valence electrons. The minimum atomic E-state index is -0.363. The lowest BCUT2D eigenvalue weighted by molar-refractivity contribution is 0.0600. The van der Waals surface area contributed by atoms with Crippen LogP contribution in [0, 0.1) is 0 Å². The van der Waals surface area contributed by atoms with E-state index in [9.17, 15) is 4.79 Å². The van der Waals surface area contributed by atoms with Crippen molar-refractivity contribution in [2.24, 2.45) is 5.73 Å². The fourth-order valence-electron chi connectivity index (χ4n) is 1.60. The van der Waals surface area contributed by atoms with E-state index < -0.39 is 0 Å². The molecule has 0 spiro atoms. The van der Waals surface area contributed by atoms with Gasteiger partial charge >= 0.3 is 5.97 Å². The summed E-state index contributed by atoms with van der Waals surface area (Å²) < 4.78 is 10.2. The molecule has 0 heterocycles. The summed E-state index contributed by atoms with van der Waals surface area (Å²) in [6, 6.07) is 5.35. The molecular weight excluding hydrogens is 218 g/mol. The largest absolute Gasteiger partial charge is 0.494 e. The molecule has 0 aliphatic rings. The quantitative estimate of drug-likeness (QED) is 0.793. The van der Waals surface area contributed by atoms with Gasteiger partial charge in [0.2, 0.25) is 0 Å². The van der Waals surface area contributed by atoms with E-state index in [1.807, 2.05) is 19.9 Å². The van der Waals surface area contributed by atoms with Gasteiger partial charge in [-0.25, -0.2) is 4.79 Å². The van der Waals surface area contributed by atoms with Gasteiger partial charge < -0.3 is 15.2 Å². The van der Waals surface area contributed by atoms with E-state index in [1.54, 1.807) is 12.1 Å². The van der Waals surface area contributed by atoms with Crippen LogP contribution in [-0.2, 0) is 11.2 Å². The minimum absolute atomic E-state index is 0.0539. The Morgan fingerprint density at radius 2 is 2.18 bits per heavy atom. The first-order valence-corrected chi connectivity index (χ1v) is 5.68. The summed E-state index contributed by atoms with van der Waals surface area (Å²) in [6.45, 7) is 4.39. The summed E-state index contributed by atoms with van der Waals surface area (Å²) in [5, 5.41) is 0. The molecule has 1 aromatic rings. The number of hydrogen-bond acceptors (Lipinski definition) is 4. The fourth-order valence-corrected chi connectivity index (χ4v) is 1.60. The van der Waals surface area contributed by atoms with Gasteiger partial charge in [-0.3, -0.25) is 0 Å². The van der Waals surface area contributed by atoms with Gasteiger partial charge in [-0.1, -0.05) is 6.07 Å². The van der Waals surface area contributed by atoms with Crippen molar-refractivity contribution in [3.05, 3.63) is 29.3 Å². The first-order valence-electron chi connectivity index (χ1n) is 5.68. The molecule has 0 aliphatic heterocycles. The van der Waals surface area contributed by atoms with Crippen molar-refractivity contribution in [1.29, 1.82) is 0 Å². The predicted octanol–water partition coefficient (Wildman–Crippen LogP) is 1.76. The molecule has 0 fully saturated rings. The summed E-state index contributed by atoms with van der Waals surface area (Å²) in [7, 11) is 1.36. The summed E-state index contributed by atoms with van der Waals surface area (Å²) in [6.07, 6.45) is 0.719. The molecule has 4 heteroatoms. The van der Waals surface area contributed by atoms with E-state index in [2.05, 4.69) is 4.74 Å². The maximum atomic E-state index is 11.4. The van der Waals surface area contributed by atoms with Crippen LogP contribution in [0.1, 0.15) is 29.8 Å². The van der Waals surface area contributed by atoms with Gasteiger partial charge in [0, 0.05) is 6.04 Å². The highest BCUT2D eigenvalue weighted by atomic mass is 16.5. The number of carbonyl (C=O) groups is 1. The lowest BCUT2D eigenvalue weighted by atomic mass is 10.0. The van der Waals surface area contributed by atoms with Crippen LogP contribution >= 0.6 is 0 Å². The van der Waals surface area contributed by atoms with Crippen molar-refractivity contribution >= 4 is 5.97 Å². The first kappa shape index (κ1) is 13.5. The smallest absolute Gasteiger partial charge is 0.337 e. The van der Waals surface area contributed by atoms with E-state index in [0.29, 0.717) is 17.9 Å².